The van der Waals surface area contributed by atoms with Crippen LogP contribution in [0.25, 0.3) is 75.0 Å². The molecule has 0 fully saturated rings. The summed E-state index contributed by atoms with van der Waals surface area (Å²) in [7, 11) is 0. The molecule has 4 nitrogen and oxygen atoms in total. The molecule has 3 heterocycles. The van der Waals surface area contributed by atoms with E-state index in [0.29, 0.717) is 5.95 Å². The normalized spacial score (nSPS) is 12.6. The molecule has 1 aliphatic rings. The van der Waals surface area contributed by atoms with Gasteiger partial charge in [-0.1, -0.05) is 140 Å². The van der Waals surface area contributed by atoms with Crippen molar-refractivity contribution >= 4 is 87.0 Å². The van der Waals surface area contributed by atoms with E-state index >= 15 is 0 Å². The van der Waals surface area contributed by atoms with E-state index in [4.69, 9.17) is 9.97 Å². The van der Waals surface area contributed by atoms with Crippen LogP contribution in [0.4, 0.5) is 23.0 Å². The van der Waals surface area contributed by atoms with Gasteiger partial charge in [-0.2, -0.15) is 0 Å². The zero-order valence-corrected chi connectivity index (χ0v) is 28.2. The average molecular weight is 669 g/mol. The highest BCUT2D eigenvalue weighted by Crippen LogP contribution is 2.58. The zero-order valence-electron chi connectivity index (χ0n) is 27.4. The summed E-state index contributed by atoms with van der Waals surface area (Å²) in [5.74, 6) is 0.614. The van der Waals surface area contributed by atoms with E-state index < -0.39 is 0 Å². The third-order valence-corrected chi connectivity index (χ3v) is 11.3. The van der Waals surface area contributed by atoms with Gasteiger partial charge in [0.25, 0.3) is 5.95 Å². The number of nitrogens with zero attached hydrogens (tertiary/aromatic N) is 4. The summed E-state index contributed by atoms with van der Waals surface area (Å²) < 4.78 is 2.52. The highest BCUT2D eigenvalue weighted by atomic mass is 32.1. The summed E-state index contributed by atoms with van der Waals surface area (Å²) in [6.07, 6.45) is 0. The largest absolute Gasteiger partial charge is 0.251 e. The number of para-hydroxylation sites is 2. The van der Waals surface area contributed by atoms with Crippen LogP contribution in [-0.4, -0.2) is 9.97 Å². The van der Waals surface area contributed by atoms with Crippen LogP contribution >= 0.6 is 11.3 Å². The fourth-order valence-corrected chi connectivity index (χ4v) is 9.23. The Kier molecular flexibility index (Phi) is 6.09. The van der Waals surface area contributed by atoms with Gasteiger partial charge in [-0.05, 0) is 46.5 Å². The standard InChI is InChI=1S/C46H28N4S/c1-3-16-30(17-4-1)43-35-23-11-13-25-37(35)47-46(48-43)50-44-41(33-21-9-10-22-34(33)45-42(44)36-24-12-14-26-39(36)51-45)40-32-20-8-7-15-29(32)27-28-38(40)49(50)31-18-5-2-6-19-31/h1-28H. The Labute approximate surface area is 298 Å². The van der Waals surface area contributed by atoms with Gasteiger partial charge in [0.2, 0.25) is 0 Å². The van der Waals surface area contributed by atoms with E-state index in [1.165, 1.54) is 52.8 Å². The average Bonchev–Trinajstić information content (AvgIpc) is 3.60. The molecular formula is C46H28N4S. The summed E-state index contributed by atoms with van der Waals surface area (Å²) in [4.78, 5) is 11.0. The minimum Gasteiger partial charge on any atom is -0.246 e. The summed E-state index contributed by atoms with van der Waals surface area (Å²) in [5.41, 5.74) is 8.45. The molecule has 1 aliphatic heterocycles. The lowest BCUT2D eigenvalue weighted by molar-refractivity contribution is 0.933. The van der Waals surface area contributed by atoms with Gasteiger partial charge in [-0.25, -0.2) is 20.0 Å². The summed E-state index contributed by atoms with van der Waals surface area (Å²) >= 11 is 1.86. The van der Waals surface area contributed by atoms with Crippen LogP contribution in [0.15, 0.2) is 170 Å². The molecule has 2 aromatic heterocycles. The Morgan fingerprint density at radius 3 is 1.92 bits per heavy atom. The van der Waals surface area contributed by atoms with Crippen molar-refractivity contribution in [3.8, 4) is 22.4 Å². The minimum atomic E-state index is 0.614. The molecule has 5 heteroatoms. The van der Waals surface area contributed by atoms with E-state index in [-0.39, 0.29) is 0 Å². The van der Waals surface area contributed by atoms with Crippen molar-refractivity contribution in [2.75, 3.05) is 10.0 Å². The highest BCUT2D eigenvalue weighted by Gasteiger charge is 2.38. The van der Waals surface area contributed by atoms with Crippen LogP contribution in [0.3, 0.4) is 0 Å². The zero-order chi connectivity index (χ0) is 33.5. The fourth-order valence-electron chi connectivity index (χ4n) is 7.98. The number of hydrogen-bond acceptors (Lipinski definition) is 5. The molecule has 238 valence electrons. The van der Waals surface area contributed by atoms with Gasteiger partial charge in [0.15, 0.2) is 0 Å². The molecular weight excluding hydrogens is 641 g/mol. The van der Waals surface area contributed by atoms with Crippen molar-refractivity contribution in [2.24, 2.45) is 0 Å². The van der Waals surface area contributed by atoms with Crippen molar-refractivity contribution in [3.63, 3.8) is 0 Å². The van der Waals surface area contributed by atoms with Crippen LogP contribution < -0.4 is 10.0 Å². The van der Waals surface area contributed by atoms with Gasteiger partial charge >= 0.3 is 0 Å². The number of fused-ring (bicyclic) bond motifs is 13. The Balaban J connectivity index is 1.38. The number of rotatable bonds is 3. The molecule has 0 amide bonds. The number of aromatic nitrogens is 2. The molecule has 0 saturated heterocycles. The SMILES string of the molecule is c1ccc(-c2nc(N3c4c(c5ccccc5c5sc6ccccc6c45)-c4c(ccc5ccccc45)N3c3ccccc3)nc3ccccc23)cc1. The van der Waals surface area contributed by atoms with E-state index in [9.17, 15) is 0 Å². The predicted octanol–water partition coefficient (Wildman–Crippen LogP) is 12.8. The highest BCUT2D eigenvalue weighted by molar-refractivity contribution is 7.26. The van der Waals surface area contributed by atoms with Crippen LogP contribution in [0.1, 0.15) is 0 Å². The number of hydrogen-bond donors (Lipinski definition) is 0. The van der Waals surface area contributed by atoms with Crippen LogP contribution in [-0.2, 0) is 0 Å². The number of anilines is 4. The minimum absolute atomic E-state index is 0.614. The van der Waals surface area contributed by atoms with Crippen LogP contribution in [0, 0.1) is 0 Å². The second-order valence-corrected chi connectivity index (χ2v) is 14.0. The molecule has 0 spiro atoms. The lowest BCUT2D eigenvalue weighted by Crippen LogP contribution is -2.40. The molecule has 0 aliphatic carbocycles. The van der Waals surface area contributed by atoms with Crippen LogP contribution in [0.2, 0.25) is 0 Å². The van der Waals surface area contributed by atoms with Gasteiger partial charge < -0.3 is 0 Å². The third-order valence-electron chi connectivity index (χ3n) is 10.1. The smallest absolute Gasteiger partial charge is 0.246 e. The molecule has 10 aromatic rings. The number of thiophene rings is 1. The lowest BCUT2D eigenvalue weighted by atomic mass is 9.87. The van der Waals surface area contributed by atoms with Gasteiger partial charge in [0, 0.05) is 47.6 Å². The Bertz CT molecular complexity index is 2990. The first-order chi connectivity index (χ1) is 25.3. The molecule has 11 rings (SSSR count). The molecule has 0 bridgehead atoms. The maximum absolute atomic E-state index is 5.53. The molecule has 0 saturated carbocycles. The molecule has 51 heavy (non-hydrogen) atoms. The van der Waals surface area contributed by atoms with Gasteiger partial charge in [0.05, 0.1) is 28.3 Å². The first-order valence-electron chi connectivity index (χ1n) is 17.2. The maximum Gasteiger partial charge on any atom is 0.251 e. The van der Waals surface area contributed by atoms with Gasteiger partial charge in [-0.3, -0.25) is 0 Å². The molecule has 0 atom stereocenters. The topological polar surface area (TPSA) is 32.3 Å². The summed E-state index contributed by atoms with van der Waals surface area (Å²) in [6.45, 7) is 0. The molecule has 0 unspecified atom stereocenters. The van der Waals surface area contributed by atoms with E-state index in [1.54, 1.807) is 0 Å². The Morgan fingerprint density at radius 1 is 0.451 bits per heavy atom. The van der Waals surface area contributed by atoms with Crippen molar-refractivity contribution in [1.29, 1.82) is 0 Å². The molecule has 0 N–H and O–H groups in total. The molecule has 0 radical (unpaired) electrons. The monoisotopic (exact) mass is 668 g/mol. The fraction of sp³-hybridized carbons (Fsp3) is 0. The quantitative estimate of drug-likeness (QED) is 0.188. The summed E-state index contributed by atoms with van der Waals surface area (Å²) in [6, 6.07) is 60.5. The summed E-state index contributed by atoms with van der Waals surface area (Å²) in [5, 5.41) is 13.0. The van der Waals surface area contributed by atoms with Crippen LogP contribution in [0.5, 0.6) is 0 Å². The lowest BCUT2D eigenvalue weighted by Gasteiger charge is -2.43. The van der Waals surface area contributed by atoms with Crippen molar-refractivity contribution in [3.05, 3.63) is 170 Å². The van der Waals surface area contributed by atoms with Crippen molar-refractivity contribution in [2.45, 2.75) is 0 Å². The predicted molar refractivity (Wildman–Crippen MR) is 215 cm³/mol. The third kappa shape index (κ3) is 4.13. The second-order valence-electron chi connectivity index (χ2n) is 13.0. The van der Waals surface area contributed by atoms with Crippen molar-refractivity contribution < 1.29 is 0 Å². The number of hydrazine groups is 1. The molecule has 8 aromatic carbocycles. The second kappa shape index (κ2) is 11.0. The number of benzene rings is 8. The van der Waals surface area contributed by atoms with Crippen molar-refractivity contribution in [1.82, 2.24) is 9.97 Å². The van der Waals surface area contributed by atoms with Gasteiger partial charge in [0.1, 0.15) is 0 Å². The Morgan fingerprint density at radius 2 is 1.10 bits per heavy atom. The van der Waals surface area contributed by atoms with Gasteiger partial charge in [-0.15, -0.1) is 11.3 Å². The van der Waals surface area contributed by atoms with E-state index in [1.807, 2.05) is 11.3 Å². The Hall–Kier alpha value is -6.56. The first-order valence-corrected chi connectivity index (χ1v) is 18.0. The van der Waals surface area contributed by atoms with E-state index in [0.717, 1.165) is 39.2 Å². The van der Waals surface area contributed by atoms with E-state index in [2.05, 4.69) is 180 Å². The first kappa shape index (κ1) is 28.3. The maximum atomic E-state index is 5.53.